The Morgan fingerprint density at radius 1 is 0.848 bits per heavy atom. The summed E-state index contributed by atoms with van der Waals surface area (Å²) >= 11 is 24.8. The van der Waals surface area contributed by atoms with Crippen molar-refractivity contribution in [1.82, 2.24) is 4.98 Å². The van der Waals surface area contributed by atoms with E-state index in [-0.39, 0.29) is 25.8 Å². The van der Waals surface area contributed by atoms with Crippen LogP contribution >= 0.6 is 46.4 Å². The Kier molecular flexibility index (Phi) is 6.86. The maximum Gasteiger partial charge on any atom is 0.256 e. The zero-order chi connectivity index (χ0) is 23.7. The highest BCUT2D eigenvalue weighted by molar-refractivity contribution is 6.50. The minimum Gasteiger partial charge on any atom is -0.493 e. The number of methoxy groups -OCH3 is 2. The van der Waals surface area contributed by atoms with Crippen LogP contribution in [0.25, 0.3) is 22.2 Å². The molecule has 0 aliphatic heterocycles. The Bertz CT molecular complexity index is 1370. The molecule has 0 spiro atoms. The fourth-order valence-corrected chi connectivity index (χ4v) is 4.27. The van der Waals surface area contributed by atoms with E-state index in [1.54, 1.807) is 32.4 Å². The van der Waals surface area contributed by atoms with Gasteiger partial charge in [0.1, 0.15) is 0 Å². The number of aromatic nitrogens is 1. The molecule has 0 fully saturated rings. The van der Waals surface area contributed by atoms with Crippen molar-refractivity contribution in [3.63, 3.8) is 0 Å². The lowest BCUT2D eigenvalue weighted by Crippen LogP contribution is -2.14. The highest BCUT2D eigenvalue weighted by Gasteiger charge is 2.20. The van der Waals surface area contributed by atoms with Gasteiger partial charge in [0.15, 0.2) is 11.5 Å². The van der Waals surface area contributed by atoms with Gasteiger partial charge in [0.25, 0.3) is 5.91 Å². The number of amides is 1. The van der Waals surface area contributed by atoms with Gasteiger partial charge in [-0.05, 0) is 36.4 Å². The van der Waals surface area contributed by atoms with Gasteiger partial charge in [-0.2, -0.15) is 0 Å². The summed E-state index contributed by atoms with van der Waals surface area (Å²) in [4.78, 5) is 18.1. The number of hydrogen-bond donors (Lipinski definition) is 1. The standard InChI is InChI=1S/C24H16Cl4N2O3/c1-32-19-8-7-12(9-20(19)33-2)18-10-14(13-5-3-4-6-17(13)29-18)24(31)30-23-21(27)15(25)11-16(26)22(23)28/h3-11H,1-2H3,(H,30,31). The number of carbonyl (C=O) groups excluding carboxylic acids is 1. The molecule has 1 aromatic heterocycles. The highest BCUT2D eigenvalue weighted by Crippen LogP contribution is 2.41. The predicted molar refractivity (Wildman–Crippen MR) is 135 cm³/mol. The number of hydrogen-bond acceptors (Lipinski definition) is 4. The van der Waals surface area contributed by atoms with Gasteiger partial charge in [-0.1, -0.05) is 64.6 Å². The van der Waals surface area contributed by atoms with Gasteiger partial charge in [0.2, 0.25) is 0 Å². The lowest BCUT2D eigenvalue weighted by atomic mass is 10.0. The van der Waals surface area contributed by atoms with Crippen molar-refractivity contribution >= 4 is 68.9 Å². The van der Waals surface area contributed by atoms with E-state index >= 15 is 0 Å². The SMILES string of the molecule is COc1ccc(-c2cc(C(=O)Nc3c(Cl)c(Cl)cc(Cl)c3Cl)c3ccccc3n2)cc1OC. The summed E-state index contributed by atoms with van der Waals surface area (Å²) in [5, 5.41) is 3.93. The lowest BCUT2D eigenvalue weighted by Gasteiger charge is -2.14. The Labute approximate surface area is 210 Å². The molecule has 0 bridgehead atoms. The minimum absolute atomic E-state index is 0.0953. The van der Waals surface area contributed by atoms with E-state index in [1.165, 1.54) is 6.07 Å². The van der Waals surface area contributed by atoms with Gasteiger partial charge in [-0.3, -0.25) is 4.79 Å². The van der Waals surface area contributed by atoms with Crippen LogP contribution in [0.2, 0.25) is 20.1 Å². The fraction of sp³-hybridized carbons (Fsp3) is 0.0833. The second-order valence-electron chi connectivity index (χ2n) is 6.94. The molecular weight excluding hydrogens is 506 g/mol. The van der Waals surface area contributed by atoms with Crippen molar-refractivity contribution in [3.05, 3.63) is 80.3 Å². The first-order valence-corrected chi connectivity index (χ1v) is 11.1. The second kappa shape index (κ2) is 9.65. The molecule has 0 radical (unpaired) electrons. The Morgan fingerprint density at radius 3 is 2.18 bits per heavy atom. The lowest BCUT2D eigenvalue weighted by molar-refractivity contribution is 0.102. The molecule has 4 aromatic rings. The van der Waals surface area contributed by atoms with Crippen LogP contribution in [-0.4, -0.2) is 25.1 Å². The summed E-state index contributed by atoms with van der Waals surface area (Å²) in [6.07, 6.45) is 0. The number of fused-ring (bicyclic) bond motifs is 1. The third-order valence-corrected chi connectivity index (χ3v) is 6.57. The average Bonchev–Trinajstić information content (AvgIpc) is 2.84. The van der Waals surface area contributed by atoms with Crippen molar-refractivity contribution in [3.8, 4) is 22.8 Å². The van der Waals surface area contributed by atoms with Gasteiger partial charge in [0, 0.05) is 10.9 Å². The third kappa shape index (κ3) is 4.55. The summed E-state index contributed by atoms with van der Waals surface area (Å²) in [7, 11) is 3.12. The van der Waals surface area contributed by atoms with E-state index in [4.69, 9.17) is 60.9 Å². The van der Waals surface area contributed by atoms with E-state index in [9.17, 15) is 4.79 Å². The quantitative estimate of drug-likeness (QED) is 0.272. The van der Waals surface area contributed by atoms with Gasteiger partial charge in [-0.15, -0.1) is 0 Å². The molecule has 0 saturated heterocycles. The van der Waals surface area contributed by atoms with Crippen LogP contribution in [0.3, 0.4) is 0 Å². The number of nitrogens with one attached hydrogen (secondary N) is 1. The number of benzene rings is 3. The smallest absolute Gasteiger partial charge is 0.256 e. The van der Waals surface area contributed by atoms with E-state index in [2.05, 4.69) is 5.32 Å². The molecule has 3 aromatic carbocycles. The van der Waals surface area contributed by atoms with Crippen LogP contribution in [0.4, 0.5) is 5.69 Å². The molecule has 1 amide bonds. The topological polar surface area (TPSA) is 60.5 Å². The Hall–Kier alpha value is -2.70. The summed E-state index contributed by atoms with van der Waals surface area (Å²) in [5.41, 5.74) is 2.45. The molecule has 0 unspecified atom stereocenters. The number of para-hydroxylation sites is 1. The Morgan fingerprint density at radius 2 is 1.52 bits per heavy atom. The highest BCUT2D eigenvalue weighted by atomic mass is 35.5. The summed E-state index contributed by atoms with van der Waals surface area (Å²) in [5.74, 6) is 0.683. The van der Waals surface area contributed by atoms with Gasteiger partial charge < -0.3 is 14.8 Å². The van der Waals surface area contributed by atoms with E-state index in [1.807, 2.05) is 30.3 Å². The van der Waals surface area contributed by atoms with E-state index in [0.29, 0.717) is 33.7 Å². The zero-order valence-electron chi connectivity index (χ0n) is 17.4. The molecule has 9 heteroatoms. The van der Waals surface area contributed by atoms with Gasteiger partial charge >= 0.3 is 0 Å². The van der Waals surface area contributed by atoms with Gasteiger partial charge in [0.05, 0.1) is 56.8 Å². The van der Waals surface area contributed by atoms with E-state index in [0.717, 1.165) is 5.56 Å². The van der Waals surface area contributed by atoms with E-state index < -0.39 is 5.91 Å². The number of rotatable bonds is 5. The van der Waals surface area contributed by atoms with Crippen molar-refractivity contribution in [2.75, 3.05) is 19.5 Å². The largest absolute Gasteiger partial charge is 0.493 e. The summed E-state index contributed by atoms with van der Waals surface area (Å²) in [6.45, 7) is 0. The van der Waals surface area contributed by atoms with Crippen molar-refractivity contribution in [1.29, 1.82) is 0 Å². The molecule has 5 nitrogen and oxygen atoms in total. The van der Waals surface area contributed by atoms with Crippen LogP contribution < -0.4 is 14.8 Å². The molecule has 0 aliphatic carbocycles. The monoisotopic (exact) mass is 520 g/mol. The maximum atomic E-state index is 13.4. The van der Waals surface area contributed by atoms with Crippen molar-refractivity contribution in [2.45, 2.75) is 0 Å². The third-order valence-electron chi connectivity index (χ3n) is 4.99. The van der Waals surface area contributed by atoms with Crippen LogP contribution in [-0.2, 0) is 0 Å². The summed E-state index contributed by atoms with van der Waals surface area (Å²) in [6, 6.07) is 15.8. The molecule has 1 N–H and O–H groups in total. The number of ether oxygens (including phenoxy) is 2. The van der Waals surface area contributed by atoms with Crippen LogP contribution in [0.5, 0.6) is 11.5 Å². The first-order valence-electron chi connectivity index (χ1n) is 9.60. The molecule has 0 atom stereocenters. The Balaban J connectivity index is 1.84. The minimum atomic E-state index is -0.447. The zero-order valence-corrected chi connectivity index (χ0v) is 20.4. The number of anilines is 1. The number of carbonyl (C=O) groups is 1. The molecule has 168 valence electrons. The molecule has 4 rings (SSSR count). The fourth-order valence-electron chi connectivity index (χ4n) is 3.37. The number of pyridine rings is 1. The number of nitrogens with zero attached hydrogens (tertiary/aromatic N) is 1. The van der Waals surface area contributed by atoms with Crippen LogP contribution in [0.15, 0.2) is 54.6 Å². The second-order valence-corrected chi connectivity index (χ2v) is 8.51. The van der Waals surface area contributed by atoms with Gasteiger partial charge in [-0.25, -0.2) is 4.98 Å². The first-order chi connectivity index (χ1) is 15.8. The molecule has 1 heterocycles. The van der Waals surface area contributed by atoms with Crippen molar-refractivity contribution < 1.29 is 14.3 Å². The number of halogens is 4. The predicted octanol–water partition coefficient (Wildman–Crippen LogP) is 7.78. The normalized spacial score (nSPS) is 10.8. The molecule has 0 aliphatic rings. The van der Waals surface area contributed by atoms with Crippen LogP contribution in [0, 0.1) is 0 Å². The maximum absolute atomic E-state index is 13.4. The molecule has 0 saturated carbocycles. The molecule has 33 heavy (non-hydrogen) atoms. The van der Waals surface area contributed by atoms with Crippen molar-refractivity contribution in [2.24, 2.45) is 0 Å². The molecular formula is C24H16Cl4N2O3. The summed E-state index contributed by atoms with van der Waals surface area (Å²) < 4.78 is 10.7. The average molecular weight is 522 g/mol. The van der Waals surface area contributed by atoms with Crippen LogP contribution in [0.1, 0.15) is 10.4 Å². The first kappa shape index (κ1) is 23.5.